The Morgan fingerprint density at radius 3 is 1.82 bits per heavy atom. The fourth-order valence-corrected chi connectivity index (χ4v) is 7.99. The van der Waals surface area contributed by atoms with Crippen LogP contribution in [0.25, 0.3) is 54.6 Å². The van der Waals surface area contributed by atoms with Gasteiger partial charge in [-0.3, -0.25) is 0 Å². The lowest BCUT2D eigenvalue weighted by atomic mass is 9.87. The Labute approximate surface area is 294 Å². The molecule has 0 atom stereocenters. The van der Waals surface area contributed by atoms with Crippen LogP contribution in [-0.4, -0.2) is 5.11 Å². The van der Waals surface area contributed by atoms with Crippen molar-refractivity contribution in [3.63, 3.8) is 0 Å². The lowest BCUT2D eigenvalue weighted by Gasteiger charge is -2.19. The summed E-state index contributed by atoms with van der Waals surface area (Å²) in [7, 11) is 0. The van der Waals surface area contributed by atoms with Crippen LogP contribution in [0.1, 0.15) is 45.9 Å². The van der Waals surface area contributed by atoms with E-state index in [0.717, 1.165) is 38.6 Å². The van der Waals surface area contributed by atoms with Crippen LogP contribution < -0.4 is 10.4 Å². The summed E-state index contributed by atoms with van der Waals surface area (Å²) in [5, 5.41) is 21.0. The maximum Gasteiger partial charge on any atom is 0.122 e. The molecule has 0 aliphatic rings. The first-order valence-corrected chi connectivity index (χ1v) is 17.4. The Balaban J connectivity index is 1.34. The van der Waals surface area contributed by atoms with Crippen LogP contribution in [-0.2, 0) is 0 Å². The summed E-state index contributed by atoms with van der Waals surface area (Å²) in [5.74, 6) is 0.387. The molecule has 8 aromatic rings. The zero-order chi connectivity index (χ0) is 34.5. The molecule has 0 saturated carbocycles. The molecule has 0 spiro atoms. The molecule has 0 fully saturated rings. The molecule has 1 heteroatoms. The molecule has 0 aromatic heterocycles. The van der Waals surface area contributed by atoms with Gasteiger partial charge in [0.05, 0.1) is 0 Å². The fraction of sp³-hybridized carbons (Fsp3) is 0.102. The lowest BCUT2D eigenvalue weighted by Crippen LogP contribution is -2.30. The van der Waals surface area contributed by atoms with Gasteiger partial charge < -0.3 is 5.11 Å². The van der Waals surface area contributed by atoms with Crippen molar-refractivity contribution in [3.8, 4) is 16.9 Å². The molecular formula is C49H40O. The number of fused-ring (bicyclic) bond motifs is 4. The first kappa shape index (κ1) is 31.4. The quantitative estimate of drug-likeness (QED) is 0.149. The minimum Gasteiger partial charge on any atom is -0.507 e. The molecule has 0 aliphatic carbocycles. The Kier molecular flexibility index (Phi) is 7.85. The van der Waals surface area contributed by atoms with E-state index in [1.54, 1.807) is 0 Å². The van der Waals surface area contributed by atoms with Crippen molar-refractivity contribution in [2.24, 2.45) is 0 Å². The number of aromatic hydroxyl groups is 1. The summed E-state index contributed by atoms with van der Waals surface area (Å²) in [6, 6.07) is 52.9. The van der Waals surface area contributed by atoms with E-state index >= 15 is 0 Å². The predicted octanol–water partition coefficient (Wildman–Crippen LogP) is 11.2. The van der Waals surface area contributed by atoms with Crippen molar-refractivity contribution in [3.05, 3.63) is 195 Å². The van der Waals surface area contributed by atoms with Crippen LogP contribution in [0.15, 0.2) is 146 Å². The first-order valence-electron chi connectivity index (χ1n) is 17.4. The number of rotatable bonds is 4. The lowest BCUT2D eigenvalue weighted by molar-refractivity contribution is 0.466. The van der Waals surface area contributed by atoms with Crippen LogP contribution in [0.2, 0.25) is 0 Å². The third-order valence-electron chi connectivity index (χ3n) is 10.9. The van der Waals surface area contributed by atoms with Crippen LogP contribution in [0.4, 0.5) is 0 Å². The Morgan fingerprint density at radius 1 is 0.440 bits per heavy atom. The summed E-state index contributed by atoms with van der Waals surface area (Å²) in [4.78, 5) is 0. The molecule has 0 unspecified atom stereocenters. The summed E-state index contributed by atoms with van der Waals surface area (Å²) < 4.78 is 0. The van der Waals surface area contributed by atoms with E-state index in [1.807, 2.05) is 13.8 Å². The highest BCUT2D eigenvalue weighted by atomic mass is 16.3. The molecule has 8 aromatic carbocycles. The topological polar surface area (TPSA) is 20.2 Å². The van der Waals surface area contributed by atoms with E-state index in [2.05, 4.69) is 166 Å². The van der Waals surface area contributed by atoms with E-state index in [0.29, 0.717) is 5.75 Å². The molecule has 0 saturated heterocycles. The smallest absolute Gasteiger partial charge is 0.122 e. The molecule has 50 heavy (non-hydrogen) atoms. The molecule has 0 radical (unpaired) electrons. The highest BCUT2D eigenvalue weighted by Crippen LogP contribution is 2.37. The van der Waals surface area contributed by atoms with Gasteiger partial charge in [-0.15, -0.1) is 0 Å². The van der Waals surface area contributed by atoms with Gasteiger partial charge in [0, 0.05) is 0 Å². The van der Waals surface area contributed by atoms with Gasteiger partial charge in [-0.2, -0.15) is 0 Å². The standard InChI is InChI=1S/C49H40O/c1-30-31(2)47(34(5)49(50)32(30)3)33(4)41-18-11-12-19-45(41)48(36-14-7-6-8-15-36)37-24-22-35(23-25-37)42-20-13-21-43-44(42)27-26-40-28-38-16-9-10-17-39(38)29-46(40)43/h6-29,50H,1-5H3/b41-33+,48-45+. The van der Waals surface area contributed by atoms with Crippen molar-refractivity contribution in [1.29, 1.82) is 0 Å². The van der Waals surface area contributed by atoms with E-state index < -0.39 is 0 Å². The highest BCUT2D eigenvalue weighted by molar-refractivity contribution is 6.15. The van der Waals surface area contributed by atoms with Crippen LogP contribution in [0.5, 0.6) is 5.75 Å². The van der Waals surface area contributed by atoms with Gasteiger partial charge in [-0.25, -0.2) is 0 Å². The molecule has 8 rings (SSSR count). The minimum atomic E-state index is 0.387. The average molecular weight is 645 g/mol. The van der Waals surface area contributed by atoms with E-state index in [4.69, 9.17) is 0 Å². The maximum absolute atomic E-state index is 11.1. The first-order chi connectivity index (χ1) is 24.3. The molecule has 0 heterocycles. The molecule has 242 valence electrons. The fourth-order valence-electron chi connectivity index (χ4n) is 7.99. The zero-order valence-corrected chi connectivity index (χ0v) is 29.3. The van der Waals surface area contributed by atoms with Gasteiger partial charge in [0.2, 0.25) is 0 Å². The third kappa shape index (κ3) is 5.18. The second-order valence-corrected chi connectivity index (χ2v) is 13.6. The molecule has 1 nitrogen and oxygen atoms in total. The second-order valence-electron chi connectivity index (χ2n) is 13.6. The van der Waals surface area contributed by atoms with Crippen molar-refractivity contribution in [1.82, 2.24) is 0 Å². The summed E-state index contributed by atoms with van der Waals surface area (Å²) in [5.41, 5.74) is 12.5. The van der Waals surface area contributed by atoms with Crippen molar-refractivity contribution in [2.45, 2.75) is 34.6 Å². The van der Waals surface area contributed by atoms with E-state index in [9.17, 15) is 5.11 Å². The summed E-state index contributed by atoms with van der Waals surface area (Å²) in [6.45, 7) is 10.5. The number of phenols is 1. The number of hydrogen-bond donors (Lipinski definition) is 1. The highest BCUT2D eigenvalue weighted by Gasteiger charge is 2.17. The Hall–Kier alpha value is -5.92. The molecule has 0 aliphatic heterocycles. The van der Waals surface area contributed by atoms with Crippen LogP contribution >= 0.6 is 0 Å². The molecule has 0 bridgehead atoms. The largest absolute Gasteiger partial charge is 0.507 e. The van der Waals surface area contributed by atoms with Gasteiger partial charge in [-0.1, -0.05) is 133 Å². The monoisotopic (exact) mass is 644 g/mol. The predicted molar refractivity (Wildman–Crippen MR) is 213 cm³/mol. The van der Waals surface area contributed by atoms with Crippen LogP contribution in [0, 0.1) is 27.7 Å². The van der Waals surface area contributed by atoms with Gasteiger partial charge in [0.1, 0.15) is 5.75 Å². The molecule has 0 amide bonds. The van der Waals surface area contributed by atoms with Gasteiger partial charge in [0.25, 0.3) is 0 Å². The van der Waals surface area contributed by atoms with Crippen LogP contribution in [0.3, 0.4) is 0 Å². The van der Waals surface area contributed by atoms with Gasteiger partial charge in [0.15, 0.2) is 0 Å². The summed E-state index contributed by atoms with van der Waals surface area (Å²) >= 11 is 0. The van der Waals surface area contributed by atoms with Gasteiger partial charge in [-0.05, 0) is 151 Å². The van der Waals surface area contributed by atoms with Gasteiger partial charge >= 0.3 is 0 Å². The normalized spacial score (nSPS) is 12.8. The number of benzene rings is 8. The average Bonchev–Trinajstić information content (AvgIpc) is 3.16. The number of hydrogen-bond acceptors (Lipinski definition) is 1. The van der Waals surface area contributed by atoms with Crippen molar-refractivity contribution >= 4 is 43.5 Å². The van der Waals surface area contributed by atoms with E-state index in [1.165, 1.54) is 65.4 Å². The third-order valence-corrected chi connectivity index (χ3v) is 10.9. The minimum absolute atomic E-state index is 0.387. The zero-order valence-electron chi connectivity index (χ0n) is 29.3. The molecular weight excluding hydrogens is 605 g/mol. The SMILES string of the molecule is C/C(c1c(C)c(C)c(C)c(O)c1C)=c1/cccc/c1=C(/c1ccccc1)c1ccc(-c2cccc3c2ccc2cc4ccccc4cc23)cc1. The molecule has 1 N–H and O–H groups in total. The number of phenolic OH excluding ortho intramolecular Hbond substituents is 1. The van der Waals surface area contributed by atoms with Crippen molar-refractivity contribution < 1.29 is 5.11 Å². The Bertz CT molecular complexity index is 2700. The van der Waals surface area contributed by atoms with Crippen molar-refractivity contribution in [2.75, 3.05) is 0 Å². The van der Waals surface area contributed by atoms with E-state index in [-0.39, 0.29) is 0 Å². The summed E-state index contributed by atoms with van der Waals surface area (Å²) in [6.07, 6.45) is 0. The maximum atomic E-state index is 11.1. The second kappa shape index (κ2) is 12.5. The Morgan fingerprint density at radius 2 is 1.08 bits per heavy atom.